The Balaban J connectivity index is 1.94. The van der Waals surface area contributed by atoms with Crippen LogP contribution >= 0.6 is 22.9 Å². The van der Waals surface area contributed by atoms with Crippen LogP contribution in [0.4, 0.5) is 0 Å². The van der Waals surface area contributed by atoms with Crippen LogP contribution in [0.25, 0.3) is 0 Å². The van der Waals surface area contributed by atoms with Crippen LogP contribution in [-0.2, 0) is 6.54 Å². The van der Waals surface area contributed by atoms with Crippen LogP contribution in [0.15, 0.2) is 29.3 Å². The van der Waals surface area contributed by atoms with Gasteiger partial charge in [-0.2, -0.15) is 0 Å². The molecular formula is C18H26ClN5S. The van der Waals surface area contributed by atoms with Crippen molar-refractivity contribution in [2.75, 3.05) is 27.7 Å². The van der Waals surface area contributed by atoms with E-state index < -0.39 is 0 Å². The van der Waals surface area contributed by atoms with E-state index in [0.29, 0.717) is 6.54 Å². The smallest absolute Gasteiger partial charge is 0.191 e. The van der Waals surface area contributed by atoms with E-state index in [1.165, 1.54) is 10.4 Å². The highest BCUT2D eigenvalue weighted by molar-refractivity contribution is 7.11. The van der Waals surface area contributed by atoms with Crippen molar-refractivity contribution < 1.29 is 0 Å². The maximum atomic E-state index is 5.99. The highest BCUT2D eigenvalue weighted by Crippen LogP contribution is 2.20. The maximum absolute atomic E-state index is 5.99. The SMILES string of the molecule is CN=C(NCc1nc(C)c(C)s1)NCC(c1ccc(Cl)cc1)N(C)C. The van der Waals surface area contributed by atoms with Crippen molar-refractivity contribution in [2.45, 2.75) is 26.4 Å². The summed E-state index contributed by atoms with van der Waals surface area (Å²) in [4.78, 5) is 12.3. The number of thiazole rings is 1. The first-order chi connectivity index (χ1) is 11.9. The zero-order valence-corrected chi connectivity index (χ0v) is 17.0. The summed E-state index contributed by atoms with van der Waals surface area (Å²) in [5, 5.41) is 8.54. The number of hydrogen-bond acceptors (Lipinski definition) is 4. The molecule has 25 heavy (non-hydrogen) atoms. The molecular weight excluding hydrogens is 354 g/mol. The second kappa shape index (κ2) is 9.17. The van der Waals surface area contributed by atoms with E-state index in [4.69, 9.17) is 11.6 Å². The van der Waals surface area contributed by atoms with Crippen LogP contribution < -0.4 is 10.6 Å². The molecule has 2 N–H and O–H groups in total. The first kappa shape index (κ1) is 19.7. The van der Waals surface area contributed by atoms with Gasteiger partial charge in [-0.25, -0.2) is 4.98 Å². The number of aryl methyl sites for hydroxylation is 2. The molecule has 1 aromatic heterocycles. The average Bonchev–Trinajstić information content (AvgIpc) is 2.90. The molecule has 1 heterocycles. The second-order valence-corrected chi connectivity index (χ2v) is 7.81. The third kappa shape index (κ3) is 5.70. The van der Waals surface area contributed by atoms with E-state index in [1.54, 1.807) is 18.4 Å². The fourth-order valence-electron chi connectivity index (χ4n) is 2.47. The van der Waals surface area contributed by atoms with Gasteiger partial charge in [0.2, 0.25) is 0 Å². The van der Waals surface area contributed by atoms with E-state index in [9.17, 15) is 0 Å². The van der Waals surface area contributed by atoms with E-state index in [2.05, 4.69) is 58.7 Å². The highest BCUT2D eigenvalue weighted by Gasteiger charge is 2.15. The number of aliphatic imine (C=N–C) groups is 1. The molecule has 1 atom stereocenters. The third-order valence-corrected chi connectivity index (χ3v) is 5.37. The van der Waals surface area contributed by atoms with Crippen molar-refractivity contribution in [3.63, 3.8) is 0 Å². The van der Waals surface area contributed by atoms with Crippen molar-refractivity contribution in [1.29, 1.82) is 0 Å². The van der Waals surface area contributed by atoms with Gasteiger partial charge in [-0.15, -0.1) is 11.3 Å². The molecule has 0 saturated carbocycles. The maximum Gasteiger partial charge on any atom is 0.191 e. The van der Waals surface area contributed by atoms with Crippen molar-refractivity contribution in [3.8, 4) is 0 Å². The summed E-state index contributed by atoms with van der Waals surface area (Å²) >= 11 is 7.71. The summed E-state index contributed by atoms with van der Waals surface area (Å²) in [6.45, 7) is 5.55. The number of likely N-dealkylation sites (N-methyl/N-ethyl adjacent to an activating group) is 1. The minimum Gasteiger partial charge on any atom is -0.354 e. The predicted molar refractivity (Wildman–Crippen MR) is 108 cm³/mol. The number of hydrogen-bond donors (Lipinski definition) is 2. The largest absolute Gasteiger partial charge is 0.354 e. The van der Waals surface area contributed by atoms with Crippen LogP contribution in [0.3, 0.4) is 0 Å². The Morgan fingerprint density at radius 2 is 1.92 bits per heavy atom. The molecule has 2 aromatic rings. The highest BCUT2D eigenvalue weighted by atomic mass is 35.5. The zero-order valence-electron chi connectivity index (χ0n) is 15.4. The van der Waals surface area contributed by atoms with Gasteiger partial charge in [0.1, 0.15) is 5.01 Å². The quantitative estimate of drug-likeness (QED) is 0.596. The fraction of sp³-hybridized carbons (Fsp3) is 0.444. The van der Waals surface area contributed by atoms with Crippen molar-refractivity contribution in [3.05, 3.63) is 50.4 Å². The summed E-state index contributed by atoms with van der Waals surface area (Å²) in [5.74, 6) is 0.770. The van der Waals surface area contributed by atoms with Gasteiger partial charge in [-0.05, 0) is 45.6 Å². The van der Waals surface area contributed by atoms with E-state index >= 15 is 0 Å². The Morgan fingerprint density at radius 3 is 2.44 bits per heavy atom. The molecule has 0 saturated heterocycles. The molecule has 5 nitrogen and oxygen atoms in total. The second-order valence-electron chi connectivity index (χ2n) is 6.09. The standard InChI is InChI=1S/C18H26ClN5S/c1-12-13(2)25-17(23-12)11-22-18(20-3)21-10-16(24(4)5)14-6-8-15(19)9-7-14/h6-9,16H,10-11H2,1-5H3,(H2,20,21,22). The monoisotopic (exact) mass is 379 g/mol. The Bertz CT molecular complexity index is 689. The molecule has 0 amide bonds. The van der Waals surface area contributed by atoms with Gasteiger partial charge in [-0.1, -0.05) is 23.7 Å². The number of rotatable bonds is 6. The molecule has 0 aliphatic heterocycles. The number of aromatic nitrogens is 1. The molecule has 0 bridgehead atoms. The van der Waals surface area contributed by atoms with Crippen molar-refractivity contribution in [2.24, 2.45) is 4.99 Å². The first-order valence-corrected chi connectivity index (χ1v) is 9.39. The lowest BCUT2D eigenvalue weighted by Crippen LogP contribution is -2.41. The summed E-state index contributed by atoms with van der Waals surface area (Å²) in [6, 6.07) is 8.19. The normalized spacial score (nSPS) is 13.2. The van der Waals surface area contributed by atoms with E-state index in [-0.39, 0.29) is 6.04 Å². The van der Waals surface area contributed by atoms with Crippen LogP contribution in [0.5, 0.6) is 0 Å². The van der Waals surface area contributed by atoms with Crippen LogP contribution in [-0.4, -0.2) is 43.5 Å². The summed E-state index contributed by atoms with van der Waals surface area (Å²) in [6.07, 6.45) is 0. The lowest BCUT2D eigenvalue weighted by Gasteiger charge is -2.26. The van der Waals surface area contributed by atoms with E-state index in [0.717, 1.165) is 28.2 Å². The Morgan fingerprint density at radius 1 is 1.24 bits per heavy atom. The van der Waals surface area contributed by atoms with Crippen molar-refractivity contribution in [1.82, 2.24) is 20.5 Å². The van der Waals surface area contributed by atoms with Gasteiger partial charge in [-0.3, -0.25) is 4.99 Å². The summed E-state index contributed by atoms with van der Waals surface area (Å²) in [5.41, 5.74) is 2.31. The minimum atomic E-state index is 0.222. The van der Waals surface area contributed by atoms with Crippen LogP contribution in [0.1, 0.15) is 27.2 Å². The molecule has 1 unspecified atom stereocenters. The number of benzene rings is 1. The van der Waals surface area contributed by atoms with Gasteiger partial charge in [0, 0.05) is 23.5 Å². The van der Waals surface area contributed by atoms with Crippen molar-refractivity contribution >= 4 is 28.9 Å². The molecule has 2 rings (SSSR count). The van der Waals surface area contributed by atoms with Gasteiger partial charge < -0.3 is 15.5 Å². The minimum absolute atomic E-state index is 0.222. The molecule has 0 radical (unpaired) electrons. The van der Waals surface area contributed by atoms with Gasteiger partial charge >= 0.3 is 0 Å². The molecule has 7 heteroatoms. The summed E-state index contributed by atoms with van der Waals surface area (Å²) in [7, 11) is 5.91. The molecule has 0 spiro atoms. The average molecular weight is 380 g/mol. The van der Waals surface area contributed by atoms with E-state index in [1.807, 2.05) is 19.1 Å². The van der Waals surface area contributed by atoms with Crippen LogP contribution in [0.2, 0.25) is 5.02 Å². The fourth-order valence-corrected chi connectivity index (χ4v) is 3.47. The zero-order chi connectivity index (χ0) is 18.4. The molecule has 0 aliphatic carbocycles. The molecule has 0 fully saturated rings. The number of halogens is 1. The Kier molecular flexibility index (Phi) is 7.23. The first-order valence-electron chi connectivity index (χ1n) is 8.20. The lowest BCUT2D eigenvalue weighted by atomic mass is 10.1. The number of guanidine groups is 1. The molecule has 136 valence electrons. The Labute approximate surface area is 159 Å². The Hall–Kier alpha value is -1.63. The molecule has 0 aliphatic rings. The lowest BCUT2D eigenvalue weighted by molar-refractivity contribution is 0.298. The topological polar surface area (TPSA) is 52.6 Å². The number of nitrogens with zero attached hydrogens (tertiary/aromatic N) is 3. The van der Waals surface area contributed by atoms with Gasteiger partial charge in [0.05, 0.1) is 18.3 Å². The third-order valence-electron chi connectivity index (χ3n) is 4.04. The van der Waals surface area contributed by atoms with Gasteiger partial charge in [0.15, 0.2) is 5.96 Å². The summed E-state index contributed by atoms with van der Waals surface area (Å²) < 4.78 is 0. The van der Waals surface area contributed by atoms with Gasteiger partial charge in [0.25, 0.3) is 0 Å². The number of nitrogens with one attached hydrogen (secondary N) is 2. The molecule has 1 aromatic carbocycles. The van der Waals surface area contributed by atoms with Crippen LogP contribution in [0, 0.1) is 13.8 Å². The predicted octanol–water partition coefficient (Wildman–Crippen LogP) is 3.38.